The zero-order valence-corrected chi connectivity index (χ0v) is 18.4. The Hall–Kier alpha value is -2.67. The maximum atomic E-state index is 15.1. The van der Waals surface area contributed by atoms with Crippen LogP contribution in [0.25, 0.3) is 10.8 Å². The standard InChI is InChI=1S/C27H27F3O3/c1-2-13-31-22-16-32-26(33-17-22)12-6-18-4-10-23-21(14-18)9-8-20(27(23)30)7-3-19-5-11-24(28)25(29)15-19/h2,4-5,8-11,14-15,22,26H,1,3,6-7,12-13,16-17H2. The van der Waals surface area contributed by atoms with E-state index in [0.717, 1.165) is 29.5 Å². The van der Waals surface area contributed by atoms with Crippen LogP contribution in [0, 0.1) is 17.5 Å². The molecule has 1 heterocycles. The van der Waals surface area contributed by atoms with Gasteiger partial charge in [-0.15, -0.1) is 6.58 Å². The van der Waals surface area contributed by atoms with E-state index in [4.69, 9.17) is 14.2 Å². The highest BCUT2D eigenvalue weighted by Gasteiger charge is 2.22. The topological polar surface area (TPSA) is 27.7 Å². The molecule has 0 atom stereocenters. The minimum absolute atomic E-state index is 0.0702. The highest BCUT2D eigenvalue weighted by Crippen LogP contribution is 2.25. The molecule has 0 aromatic heterocycles. The Kier molecular flexibility index (Phi) is 7.81. The molecule has 1 saturated heterocycles. The average molecular weight is 457 g/mol. The average Bonchev–Trinajstić information content (AvgIpc) is 2.83. The molecule has 3 aromatic carbocycles. The predicted molar refractivity (Wildman–Crippen MR) is 122 cm³/mol. The number of hydrogen-bond acceptors (Lipinski definition) is 3. The molecule has 1 aliphatic rings. The van der Waals surface area contributed by atoms with Crippen molar-refractivity contribution in [3.8, 4) is 0 Å². The van der Waals surface area contributed by atoms with Gasteiger partial charge in [-0.1, -0.05) is 42.5 Å². The van der Waals surface area contributed by atoms with E-state index in [1.807, 2.05) is 18.2 Å². The first-order valence-corrected chi connectivity index (χ1v) is 11.1. The first-order valence-electron chi connectivity index (χ1n) is 11.1. The lowest BCUT2D eigenvalue weighted by Crippen LogP contribution is -2.37. The molecule has 1 aliphatic heterocycles. The summed E-state index contributed by atoms with van der Waals surface area (Å²) in [6, 6.07) is 13.1. The summed E-state index contributed by atoms with van der Waals surface area (Å²) < 4.78 is 58.5. The van der Waals surface area contributed by atoms with E-state index in [9.17, 15) is 8.78 Å². The summed E-state index contributed by atoms with van der Waals surface area (Å²) in [6.45, 7) is 5.09. The van der Waals surface area contributed by atoms with Crippen molar-refractivity contribution < 1.29 is 27.4 Å². The smallest absolute Gasteiger partial charge is 0.159 e. The van der Waals surface area contributed by atoms with Crippen LogP contribution in [-0.2, 0) is 33.5 Å². The second kappa shape index (κ2) is 11.0. The van der Waals surface area contributed by atoms with Gasteiger partial charge < -0.3 is 14.2 Å². The van der Waals surface area contributed by atoms with Crippen molar-refractivity contribution in [2.45, 2.75) is 38.1 Å². The molecule has 0 unspecified atom stereocenters. The monoisotopic (exact) mass is 456 g/mol. The molecule has 3 aromatic rings. The Balaban J connectivity index is 1.34. The van der Waals surface area contributed by atoms with Gasteiger partial charge in [0.15, 0.2) is 17.9 Å². The van der Waals surface area contributed by atoms with Crippen molar-refractivity contribution in [1.82, 2.24) is 0 Å². The van der Waals surface area contributed by atoms with E-state index in [0.29, 0.717) is 55.6 Å². The van der Waals surface area contributed by atoms with Gasteiger partial charge in [-0.05, 0) is 53.5 Å². The summed E-state index contributed by atoms with van der Waals surface area (Å²) >= 11 is 0. The molecule has 3 nitrogen and oxygen atoms in total. The maximum Gasteiger partial charge on any atom is 0.159 e. The van der Waals surface area contributed by atoms with Crippen LogP contribution in [0.3, 0.4) is 0 Å². The molecule has 0 N–H and O–H groups in total. The van der Waals surface area contributed by atoms with Crippen molar-refractivity contribution in [3.05, 3.63) is 95.3 Å². The molecular formula is C27H27F3O3. The predicted octanol–water partition coefficient (Wildman–Crippen LogP) is 5.92. The number of rotatable bonds is 9. The summed E-state index contributed by atoms with van der Waals surface area (Å²) in [5.74, 6) is -2.04. The van der Waals surface area contributed by atoms with E-state index in [-0.39, 0.29) is 18.2 Å². The second-order valence-electron chi connectivity index (χ2n) is 8.22. The molecule has 0 radical (unpaired) electrons. The second-order valence-corrected chi connectivity index (χ2v) is 8.22. The van der Waals surface area contributed by atoms with Crippen LogP contribution in [0.5, 0.6) is 0 Å². The Bertz CT molecular complexity index is 1110. The van der Waals surface area contributed by atoms with Gasteiger partial charge in [0.2, 0.25) is 0 Å². The van der Waals surface area contributed by atoms with Gasteiger partial charge in [0, 0.05) is 11.8 Å². The Labute approximate surface area is 191 Å². The first kappa shape index (κ1) is 23.5. The summed E-state index contributed by atoms with van der Waals surface area (Å²) in [7, 11) is 0. The summed E-state index contributed by atoms with van der Waals surface area (Å²) in [6.07, 6.45) is 3.64. The Morgan fingerprint density at radius 2 is 1.64 bits per heavy atom. The quantitative estimate of drug-likeness (QED) is 0.374. The van der Waals surface area contributed by atoms with Gasteiger partial charge in [-0.25, -0.2) is 13.2 Å². The molecule has 1 fully saturated rings. The van der Waals surface area contributed by atoms with Crippen LogP contribution < -0.4 is 0 Å². The first-order chi connectivity index (χ1) is 16.0. The lowest BCUT2D eigenvalue weighted by molar-refractivity contribution is -0.225. The molecule has 0 aliphatic carbocycles. The van der Waals surface area contributed by atoms with E-state index in [1.165, 1.54) is 6.07 Å². The zero-order chi connectivity index (χ0) is 23.2. The fourth-order valence-electron chi connectivity index (χ4n) is 3.99. The number of halogens is 3. The fourth-order valence-corrected chi connectivity index (χ4v) is 3.99. The SMILES string of the molecule is C=CCOC1COC(CCc2ccc3c(F)c(CCc4ccc(F)c(F)c4)ccc3c2)OC1. The van der Waals surface area contributed by atoms with Crippen molar-refractivity contribution in [2.24, 2.45) is 0 Å². The van der Waals surface area contributed by atoms with Gasteiger partial charge in [-0.2, -0.15) is 0 Å². The molecular weight excluding hydrogens is 429 g/mol. The molecule has 174 valence electrons. The molecule has 0 saturated carbocycles. The van der Waals surface area contributed by atoms with Gasteiger partial charge in [0.05, 0.1) is 19.8 Å². The van der Waals surface area contributed by atoms with E-state index in [1.54, 1.807) is 18.2 Å². The molecule has 0 spiro atoms. The Morgan fingerprint density at radius 1 is 0.879 bits per heavy atom. The number of aryl methyl sites for hydroxylation is 3. The maximum absolute atomic E-state index is 15.1. The largest absolute Gasteiger partial charge is 0.369 e. The lowest BCUT2D eigenvalue weighted by atomic mass is 9.98. The van der Waals surface area contributed by atoms with Gasteiger partial charge in [0.1, 0.15) is 11.9 Å². The third kappa shape index (κ3) is 6.02. The number of hydrogen-bond donors (Lipinski definition) is 0. The van der Waals surface area contributed by atoms with Crippen LogP contribution in [0.4, 0.5) is 13.2 Å². The fraction of sp³-hybridized carbons (Fsp3) is 0.333. The van der Waals surface area contributed by atoms with Crippen molar-refractivity contribution in [2.75, 3.05) is 19.8 Å². The highest BCUT2D eigenvalue weighted by molar-refractivity contribution is 5.84. The van der Waals surface area contributed by atoms with Crippen LogP contribution in [-0.4, -0.2) is 32.2 Å². The van der Waals surface area contributed by atoms with Gasteiger partial charge >= 0.3 is 0 Å². The van der Waals surface area contributed by atoms with Crippen molar-refractivity contribution in [1.29, 1.82) is 0 Å². The molecule has 33 heavy (non-hydrogen) atoms. The minimum Gasteiger partial charge on any atom is -0.369 e. The summed E-state index contributed by atoms with van der Waals surface area (Å²) in [5.41, 5.74) is 2.26. The van der Waals surface area contributed by atoms with Crippen molar-refractivity contribution >= 4 is 10.8 Å². The van der Waals surface area contributed by atoms with E-state index >= 15 is 4.39 Å². The summed E-state index contributed by atoms with van der Waals surface area (Å²) in [4.78, 5) is 0. The number of ether oxygens (including phenoxy) is 3. The third-order valence-electron chi connectivity index (χ3n) is 5.82. The molecule has 4 rings (SSSR count). The Morgan fingerprint density at radius 3 is 2.39 bits per heavy atom. The normalized spacial score (nSPS) is 18.5. The van der Waals surface area contributed by atoms with Gasteiger partial charge in [-0.3, -0.25) is 0 Å². The highest BCUT2D eigenvalue weighted by atomic mass is 19.2. The molecule has 0 bridgehead atoms. The van der Waals surface area contributed by atoms with Crippen LogP contribution >= 0.6 is 0 Å². The molecule has 6 heteroatoms. The molecule has 0 amide bonds. The van der Waals surface area contributed by atoms with Crippen LogP contribution in [0.1, 0.15) is 23.1 Å². The number of benzene rings is 3. The van der Waals surface area contributed by atoms with Gasteiger partial charge in [0.25, 0.3) is 0 Å². The number of fused-ring (bicyclic) bond motifs is 1. The summed E-state index contributed by atoms with van der Waals surface area (Å²) in [5, 5.41) is 1.37. The van der Waals surface area contributed by atoms with Crippen LogP contribution in [0.2, 0.25) is 0 Å². The third-order valence-corrected chi connectivity index (χ3v) is 5.82. The van der Waals surface area contributed by atoms with E-state index < -0.39 is 11.6 Å². The van der Waals surface area contributed by atoms with Crippen LogP contribution in [0.15, 0.2) is 61.2 Å². The minimum atomic E-state index is -0.885. The lowest BCUT2D eigenvalue weighted by Gasteiger charge is -2.29. The zero-order valence-electron chi connectivity index (χ0n) is 18.4. The van der Waals surface area contributed by atoms with E-state index in [2.05, 4.69) is 6.58 Å². The van der Waals surface area contributed by atoms with Crippen molar-refractivity contribution in [3.63, 3.8) is 0 Å².